The van der Waals surface area contributed by atoms with Crippen molar-refractivity contribution in [3.63, 3.8) is 0 Å². The number of aliphatic carboxylic acids is 4. The van der Waals surface area contributed by atoms with Gasteiger partial charge in [0.25, 0.3) is 0 Å². The van der Waals surface area contributed by atoms with Crippen molar-refractivity contribution < 1.29 is 44.4 Å². The monoisotopic (exact) mass is 604 g/mol. The molecule has 12 N–H and O–H groups in total. The Kier molecular flexibility index (Phi) is 24.7. The van der Waals surface area contributed by atoms with E-state index in [0.717, 1.165) is 49.4 Å². The van der Waals surface area contributed by atoms with E-state index in [9.17, 15) is 24.0 Å². The van der Waals surface area contributed by atoms with Gasteiger partial charge in [-0.25, -0.2) is 0 Å². The van der Waals surface area contributed by atoms with Crippen LogP contribution in [0.1, 0.15) is 110 Å². The first-order valence-electron chi connectivity index (χ1n) is 14.9. The minimum Gasteiger partial charge on any atom is -0.481 e. The van der Waals surface area contributed by atoms with Crippen LogP contribution in [0.25, 0.3) is 0 Å². The van der Waals surface area contributed by atoms with Crippen LogP contribution in [-0.4, -0.2) is 68.8 Å². The van der Waals surface area contributed by atoms with Gasteiger partial charge in [-0.3, -0.25) is 24.0 Å². The zero-order valence-corrected chi connectivity index (χ0v) is 25.4. The molecule has 3 saturated carbocycles. The molecular formula is C29H56N4O9. The average molecular weight is 605 g/mol. The third-order valence-electron chi connectivity index (χ3n) is 7.62. The van der Waals surface area contributed by atoms with E-state index in [1.54, 1.807) is 0 Å². The van der Waals surface area contributed by atoms with E-state index in [2.05, 4.69) is 25.3 Å². The lowest BCUT2D eigenvalue weighted by Gasteiger charge is -2.37. The summed E-state index contributed by atoms with van der Waals surface area (Å²) in [7, 11) is 0. The topological polar surface area (TPSA) is 270 Å². The van der Waals surface area contributed by atoms with Crippen LogP contribution < -0.4 is 22.9 Å². The lowest BCUT2D eigenvalue weighted by molar-refractivity contribution is -0.149. The number of carbonyl (C=O) groups is 5. The Morgan fingerprint density at radius 1 is 0.643 bits per heavy atom. The predicted octanol–water partition coefficient (Wildman–Crippen LogP) is 2.77. The van der Waals surface area contributed by atoms with Crippen LogP contribution in [0.15, 0.2) is 0 Å². The van der Waals surface area contributed by atoms with E-state index in [4.69, 9.17) is 31.9 Å². The lowest BCUT2D eigenvalue weighted by atomic mass is 9.71. The molecule has 13 nitrogen and oxygen atoms in total. The summed E-state index contributed by atoms with van der Waals surface area (Å²) in [6.45, 7) is 4.91. The number of carbonyl (C=O) groups excluding carboxylic acids is 1. The summed E-state index contributed by atoms with van der Waals surface area (Å²) in [5.41, 5.74) is 21.4. The Bertz CT molecular complexity index is 713. The summed E-state index contributed by atoms with van der Waals surface area (Å²) in [6, 6.07) is 0.926. The van der Waals surface area contributed by atoms with Gasteiger partial charge in [0, 0.05) is 31.6 Å². The molecule has 42 heavy (non-hydrogen) atoms. The highest BCUT2D eigenvalue weighted by Crippen LogP contribution is 2.38. The van der Waals surface area contributed by atoms with Crippen molar-refractivity contribution in [1.29, 1.82) is 0 Å². The molecule has 3 fully saturated rings. The number of ketones is 1. The summed E-state index contributed by atoms with van der Waals surface area (Å²) >= 11 is 0. The molecule has 0 saturated heterocycles. The maximum absolute atomic E-state index is 10.7. The minimum absolute atomic E-state index is 0.250. The third-order valence-corrected chi connectivity index (χ3v) is 7.62. The zero-order valence-electron chi connectivity index (χ0n) is 25.4. The molecule has 0 aromatic rings. The zero-order chi connectivity index (χ0) is 32.7. The molecule has 6 unspecified atom stereocenters. The molecule has 0 aliphatic heterocycles. The van der Waals surface area contributed by atoms with Crippen LogP contribution in [0.4, 0.5) is 0 Å². The number of rotatable bonds is 6. The fourth-order valence-corrected chi connectivity index (χ4v) is 5.34. The molecule has 0 aromatic carbocycles. The number of nitrogens with two attached hydrogens (primary N) is 4. The van der Waals surface area contributed by atoms with Gasteiger partial charge in [-0.2, -0.15) is 0 Å². The largest absolute Gasteiger partial charge is 0.481 e. The summed E-state index contributed by atoms with van der Waals surface area (Å²) < 4.78 is 0. The molecule has 13 heteroatoms. The predicted molar refractivity (Wildman–Crippen MR) is 159 cm³/mol. The maximum Gasteiger partial charge on any atom is 0.314 e. The van der Waals surface area contributed by atoms with E-state index in [1.165, 1.54) is 57.8 Å². The normalized spacial score (nSPS) is 26.9. The molecule has 0 aromatic heterocycles. The van der Waals surface area contributed by atoms with Crippen LogP contribution in [0.3, 0.4) is 0 Å². The van der Waals surface area contributed by atoms with Gasteiger partial charge in [-0.1, -0.05) is 26.7 Å². The molecule has 3 rings (SSSR count). The lowest BCUT2D eigenvalue weighted by Crippen LogP contribution is -2.37. The molecular weight excluding hydrogens is 548 g/mol. The Labute approximate surface area is 249 Å². The first kappa shape index (κ1) is 41.5. The Morgan fingerprint density at radius 2 is 0.952 bits per heavy atom. The van der Waals surface area contributed by atoms with Crippen LogP contribution in [0.2, 0.25) is 0 Å². The quantitative estimate of drug-likeness (QED) is 0.123. The molecule has 0 spiro atoms. The van der Waals surface area contributed by atoms with Crippen LogP contribution in [-0.2, 0) is 24.0 Å². The molecule has 6 atom stereocenters. The Morgan fingerprint density at radius 3 is 1.19 bits per heavy atom. The second-order valence-electron chi connectivity index (χ2n) is 11.5. The molecule has 246 valence electrons. The van der Waals surface area contributed by atoms with Gasteiger partial charge in [0.15, 0.2) is 0 Å². The summed E-state index contributed by atoms with van der Waals surface area (Å²) in [6.07, 6.45) is 14.3. The van der Waals surface area contributed by atoms with E-state index >= 15 is 0 Å². The van der Waals surface area contributed by atoms with Crippen LogP contribution in [0, 0.1) is 23.7 Å². The van der Waals surface area contributed by atoms with Crippen molar-refractivity contribution in [2.45, 2.75) is 122 Å². The smallest absolute Gasteiger partial charge is 0.314 e. The van der Waals surface area contributed by atoms with Gasteiger partial charge in [-0.15, -0.1) is 0 Å². The fraction of sp³-hybridized carbons (Fsp3) is 0.828. The van der Waals surface area contributed by atoms with Crippen molar-refractivity contribution in [2.24, 2.45) is 46.6 Å². The third kappa shape index (κ3) is 25.1. The molecule has 0 radical (unpaired) electrons. The van der Waals surface area contributed by atoms with Crippen LogP contribution >= 0.6 is 0 Å². The van der Waals surface area contributed by atoms with Gasteiger partial charge in [-0.05, 0) is 81.5 Å². The first-order chi connectivity index (χ1) is 19.6. The van der Waals surface area contributed by atoms with Gasteiger partial charge in [0.1, 0.15) is 18.6 Å². The van der Waals surface area contributed by atoms with Crippen LogP contribution in [0.5, 0.6) is 0 Å². The summed E-state index contributed by atoms with van der Waals surface area (Å²) in [4.78, 5) is 48.4. The van der Waals surface area contributed by atoms with Crippen molar-refractivity contribution in [2.75, 3.05) is 6.67 Å². The van der Waals surface area contributed by atoms with Gasteiger partial charge in [0.05, 0.1) is 0 Å². The highest BCUT2D eigenvalue weighted by Gasteiger charge is 2.30. The molecule has 3 aliphatic carbocycles. The van der Waals surface area contributed by atoms with E-state index < -0.39 is 36.7 Å². The Balaban J connectivity index is 0. The Hall–Kier alpha value is -2.61. The van der Waals surface area contributed by atoms with Gasteiger partial charge < -0.3 is 43.4 Å². The average Bonchev–Trinajstić information content (AvgIpc) is 3.11. The highest BCUT2D eigenvalue weighted by molar-refractivity contribution is 5.89. The van der Waals surface area contributed by atoms with Gasteiger partial charge in [0.2, 0.25) is 0 Å². The fourth-order valence-electron chi connectivity index (χ4n) is 5.34. The highest BCUT2D eigenvalue weighted by atomic mass is 16.4. The standard InChI is InChI=1S/C15H30N2.C7H12O.2C3H4O4.CH6N2/c1-10-7-12(3-5-14(10)16)9-13-4-6-15(17)11(2)8-13;8-7-5-3-1-2-4-6-7;2*4-2(5)1-3(6)7;2-1-3/h10-15H,3-9,16-17H2,1-2H3;1-6H2;2*1H2,(H,4,5)(H,6,7);1-3H2. The number of Topliss-reactive ketones (excluding diaryl/α,β-unsaturated/α-hetero) is 1. The number of carboxylic acids is 4. The second kappa shape index (κ2) is 24.9. The van der Waals surface area contributed by atoms with E-state index in [-0.39, 0.29) is 6.67 Å². The van der Waals surface area contributed by atoms with Crippen molar-refractivity contribution in [3.8, 4) is 0 Å². The number of hydrogen-bond donors (Lipinski definition) is 8. The molecule has 0 amide bonds. The maximum atomic E-state index is 10.7. The van der Waals surface area contributed by atoms with Gasteiger partial charge >= 0.3 is 23.9 Å². The first-order valence-corrected chi connectivity index (χ1v) is 14.9. The van der Waals surface area contributed by atoms with E-state index in [0.29, 0.717) is 17.9 Å². The van der Waals surface area contributed by atoms with Crippen molar-refractivity contribution >= 4 is 29.7 Å². The van der Waals surface area contributed by atoms with E-state index in [1.807, 2.05) is 0 Å². The summed E-state index contributed by atoms with van der Waals surface area (Å²) in [5.74, 6) is -1.43. The molecule has 0 bridgehead atoms. The molecule has 0 heterocycles. The van der Waals surface area contributed by atoms with Crippen molar-refractivity contribution in [3.05, 3.63) is 0 Å². The summed E-state index contributed by atoms with van der Waals surface area (Å²) in [5, 5.41) is 30.8. The SMILES string of the molecule is CC1CC(CC2CCC(N)C(C)C2)CCC1N.NCN.O=C(O)CC(=O)O.O=C(O)CC(=O)O.O=C1CCCCCC1. The number of hydrogen-bond acceptors (Lipinski definition) is 9. The second-order valence-corrected chi connectivity index (χ2v) is 11.5. The number of carboxylic acid groups (broad SMARTS) is 4. The van der Waals surface area contributed by atoms with Crippen molar-refractivity contribution in [1.82, 2.24) is 0 Å². The molecule has 3 aliphatic rings. The minimum atomic E-state index is -1.31.